The Bertz CT molecular complexity index is 328. The molecule has 1 atom stereocenters. The number of hydrogen-bond acceptors (Lipinski definition) is 3. The van der Waals surface area contributed by atoms with Gasteiger partial charge in [0, 0.05) is 6.04 Å². The molecule has 1 aromatic heterocycles. The topological polar surface area (TPSA) is 37.8 Å². The molecule has 1 rings (SSSR count). The first-order chi connectivity index (χ1) is 7.04. The van der Waals surface area contributed by atoms with E-state index in [1.54, 1.807) is 0 Å². The van der Waals surface area contributed by atoms with Gasteiger partial charge in [0.2, 0.25) is 5.28 Å². The number of nitrogens with zero attached hydrogens (tertiary/aromatic N) is 2. The maximum absolute atomic E-state index is 5.96. The summed E-state index contributed by atoms with van der Waals surface area (Å²) >= 11 is 11.7. The molecule has 84 valence electrons. The lowest BCUT2D eigenvalue weighted by atomic mass is 10.0. The fourth-order valence-corrected chi connectivity index (χ4v) is 1.64. The third-order valence-corrected chi connectivity index (χ3v) is 2.74. The molecular weight excluding hydrogens is 233 g/mol. The van der Waals surface area contributed by atoms with Crippen LogP contribution in [0.25, 0.3) is 0 Å². The van der Waals surface area contributed by atoms with E-state index in [0.29, 0.717) is 22.8 Å². The number of anilines is 1. The van der Waals surface area contributed by atoms with Gasteiger partial charge in [0.05, 0.1) is 6.20 Å². The minimum Gasteiger partial charge on any atom is -0.366 e. The molecule has 1 heterocycles. The maximum atomic E-state index is 5.96. The molecule has 0 saturated heterocycles. The van der Waals surface area contributed by atoms with Crippen molar-refractivity contribution >= 4 is 29.0 Å². The molecule has 0 aliphatic heterocycles. The fraction of sp³-hybridized carbons (Fsp3) is 0.600. The Morgan fingerprint density at radius 1 is 1.40 bits per heavy atom. The first-order valence-corrected chi connectivity index (χ1v) is 5.74. The minimum absolute atomic E-state index is 0.209. The van der Waals surface area contributed by atoms with Gasteiger partial charge in [-0.2, -0.15) is 4.98 Å². The second-order valence-electron chi connectivity index (χ2n) is 3.74. The van der Waals surface area contributed by atoms with Crippen molar-refractivity contribution in [2.75, 3.05) is 5.32 Å². The molecule has 5 heteroatoms. The van der Waals surface area contributed by atoms with Crippen molar-refractivity contribution in [2.45, 2.75) is 33.2 Å². The van der Waals surface area contributed by atoms with Crippen molar-refractivity contribution in [3.63, 3.8) is 0 Å². The van der Waals surface area contributed by atoms with Crippen LogP contribution in [-0.4, -0.2) is 16.0 Å². The van der Waals surface area contributed by atoms with Crippen molar-refractivity contribution in [3.8, 4) is 0 Å². The zero-order valence-corrected chi connectivity index (χ0v) is 10.6. The van der Waals surface area contributed by atoms with E-state index in [-0.39, 0.29) is 5.28 Å². The SMILES string of the molecule is CCC(Nc1nc(Cl)ncc1Cl)C(C)C. The van der Waals surface area contributed by atoms with Crippen molar-refractivity contribution in [3.05, 3.63) is 16.5 Å². The summed E-state index contributed by atoms with van der Waals surface area (Å²) in [5.74, 6) is 1.12. The molecule has 15 heavy (non-hydrogen) atoms. The normalized spacial score (nSPS) is 12.9. The summed E-state index contributed by atoms with van der Waals surface area (Å²) in [4.78, 5) is 7.85. The lowest BCUT2D eigenvalue weighted by Gasteiger charge is -2.21. The van der Waals surface area contributed by atoms with Crippen molar-refractivity contribution in [1.82, 2.24) is 9.97 Å². The summed E-state index contributed by atoms with van der Waals surface area (Å²) < 4.78 is 0. The predicted octanol–water partition coefficient (Wildman–Crippen LogP) is 3.63. The van der Waals surface area contributed by atoms with Crippen LogP contribution in [0.3, 0.4) is 0 Å². The molecule has 0 aliphatic carbocycles. The third kappa shape index (κ3) is 3.50. The number of halogens is 2. The zero-order valence-electron chi connectivity index (χ0n) is 9.09. The predicted molar refractivity (Wildman–Crippen MR) is 64.6 cm³/mol. The molecule has 0 spiro atoms. The summed E-state index contributed by atoms with van der Waals surface area (Å²) in [6.07, 6.45) is 2.52. The second-order valence-corrected chi connectivity index (χ2v) is 4.48. The lowest BCUT2D eigenvalue weighted by Crippen LogP contribution is -2.25. The highest BCUT2D eigenvalue weighted by Crippen LogP contribution is 2.22. The number of aromatic nitrogens is 2. The van der Waals surface area contributed by atoms with Crippen LogP contribution in [0.15, 0.2) is 6.20 Å². The highest BCUT2D eigenvalue weighted by atomic mass is 35.5. The fourth-order valence-electron chi connectivity index (χ4n) is 1.36. The molecule has 0 radical (unpaired) electrons. The molecule has 1 unspecified atom stereocenters. The monoisotopic (exact) mass is 247 g/mol. The molecule has 0 aliphatic rings. The summed E-state index contributed by atoms with van der Waals surface area (Å²) in [6, 6.07) is 0.341. The molecule has 1 aromatic rings. The summed E-state index contributed by atoms with van der Waals surface area (Å²) in [7, 11) is 0. The number of nitrogens with one attached hydrogen (secondary N) is 1. The third-order valence-electron chi connectivity index (χ3n) is 2.28. The van der Waals surface area contributed by atoms with E-state index in [0.717, 1.165) is 6.42 Å². The zero-order chi connectivity index (χ0) is 11.4. The summed E-state index contributed by atoms with van der Waals surface area (Å²) in [6.45, 7) is 6.42. The van der Waals surface area contributed by atoms with Gasteiger partial charge in [-0.15, -0.1) is 0 Å². The Labute approximate surface area is 100 Å². The maximum Gasteiger partial charge on any atom is 0.224 e. The van der Waals surface area contributed by atoms with Crippen molar-refractivity contribution < 1.29 is 0 Å². The van der Waals surface area contributed by atoms with E-state index in [1.165, 1.54) is 6.20 Å². The molecule has 0 aromatic carbocycles. The Morgan fingerprint density at radius 3 is 2.60 bits per heavy atom. The van der Waals surface area contributed by atoms with Gasteiger partial charge in [0.15, 0.2) is 0 Å². The Morgan fingerprint density at radius 2 is 2.07 bits per heavy atom. The highest BCUT2D eigenvalue weighted by Gasteiger charge is 2.13. The van der Waals surface area contributed by atoms with E-state index in [2.05, 4.69) is 36.1 Å². The smallest absolute Gasteiger partial charge is 0.224 e. The number of rotatable bonds is 4. The highest BCUT2D eigenvalue weighted by molar-refractivity contribution is 6.33. The van der Waals surface area contributed by atoms with Crippen molar-refractivity contribution in [2.24, 2.45) is 5.92 Å². The molecule has 0 bridgehead atoms. The quantitative estimate of drug-likeness (QED) is 0.827. The molecule has 3 nitrogen and oxygen atoms in total. The van der Waals surface area contributed by atoms with E-state index in [9.17, 15) is 0 Å². The van der Waals surface area contributed by atoms with Gasteiger partial charge in [0.25, 0.3) is 0 Å². The van der Waals surface area contributed by atoms with Crippen LogP contribution in [-0.2, 0) is 0 Å². The summed E-state index contributed by atoms with van der Waals surface area (Å²) in [5, 5.41) is 3.98. The average Bonchev–Trinajstić information content (AvgIpc) is 2.18. The van der Waals surface area contributed by atoms with Crippen LogP contribution in [0.5, 0.6) is 0 Å². The Hall–Kier alpha value is -0.540. The van der Waals surface area contributed by atoms with Crippen LogP contribution >= 0.6 is 23.2 Å². The van der Waals surface area contributed by atoms with Crippen LogP contribution in [0.2, 0.25) is 10.3 Å². The van der Waals surface area contributed by atoms with Gasteiger partial charge < -0.3 is 5.32 Å². The van der Waals surface area contributed by atoms with Crippen molar-refractivity contribution in [1.29, 1.82) is 0 Å². The Balaban J connectivity index is 2.82. The van der Waals surface area contributed by atoms with E-state index in [1.807, 2.05) is 0 Å². The molecule has 0 fully saturated rings. The second kappa shape index (κ2) is 5.52. The molecule has 0 saturated carbocycles. The van der Waals surface area contributed by atoms with Gasteiger partial charge in [0.1, 0.15) is 10.8 Å². The van der Waals surface area contributed by atoms with Gasteiger partial charge in [-0.25, -0.2) is 4.98 Å². The van der Waals surface area contributed by atoms with Crippen LogP contribution in [0.1, 0.15) is 27.2 Å². The van der Waals surface area contributed by atoms with E-state index < -0.39 is 0 Å². The standard InChI is InChI=1S/C10H15Cl2N3/c1-4-8(6(2)3)14-9-7(11)5-13-10(12)15-9/h5-6,8H,4H2,1-3H3,(H,13,14,15). The average molecular weight is 248 g/mol. The first kappa shape index (κ1) is 12.5. The molecule has 1 N–H and O–H groups in total. The van der Waals surface area contributed by atoms with Crippen LogP contribution in [0, 0.1) is 5.92 Å². The first-order valence-electron chi connectivity index (χ1n) is 4.99. The van der Waals surface area contributed by atoms with Gasteiger partial charge in [-0.05, 0) is 23.9 Å². The largest absolute Gasteiger partial charge is 0.366 e. The number of hydrogen-bond donors (Lipinski definition) is 1. The molecule has 0 amide bonds. The lowest BCUT2D eigenvalue weighted by molar-refractivity contribution is 0.510. The van der Waals surface area contributed by atoms with Gasteiger partial charge in [-0.1, -0.05) is 32.4 Å². The van der Waals surface area contributed by atoms with Crippen LogP contribution in [0.4, 0.5) is 5.82 Å². The van der Waals surface area contributed by atoms with E-state index in [4.69, 9.17) is 23.2 Å². The van der Waals surface area contributed by atoms with E-state index >= 15 is 0 Å². The van der Waals surface area contributed by atoms with Gasteiger partial charge >= 0.3 is 0 Å². The van der Waals surface area contributed by atoms with Crippen LogP contribution < -0.4 is 5.32 Å². The van der Waals surface area contributed by atoms with Gasteiger partial charge in [-0.3, -0.25) is 0 Å². The summed E-state index contributed by atoms with van der Waals surface area (Å²) in [5.41, 5.74) is 0. The molecular formula is C10H15Cl2N3. The Kier molecular flexibility index (Phi) is 4.61. The minimum atomic E-state index is 0.209.